The van der Waals surface area contributed by atoms with Crippen molar-refractivity contribution >= 4 is 16.0 Å². The first kappa shape index (κ1) is 13.6. The van der Waals surface area contributed by atoms with Crippen molar-refractivity contribution in [1.29, 1.82) is 0 Å². The van der Waals surface area contributed by atoms with Crippen LogP contribution in [0.5, 0.6) is 0 Å². The number of hydrogen-bond donors (Lipinski definition) is 1. The summed E-state index contributed by atoms with van der Waals surface area (Å²) in [6.07, 6.45) is 1.04. The van der Waals surface area contributed by atoms with Crippen LogP contribution < -0.4 is 0 Å². The molecule has 94 valence electrons. The minimum absolute atomic E-state index is 0.0384. The van der Waals surface area contributed by atoms with Crippen LogP contribution in [0.1, 0.15) is 24.2 Å². The van der Waals surface area contributed by atoms with E-state index in [0.717, 1.165) is 6.20 Å². The Morgan fingerprint density at radius 3 is 2.29 bits per heavy atom. The Balaban J connectivity index is 3.12. The van der Waals surface area contributed by atoms with Gasteiger partial charge >= 0.3 is 5.97 Å². The van der Waals surface area contributed by atoms with Crippen LogP contribution in [-0.2, 0) is 10.0 Å². The lowest BCUT2D eigenvalue weighted by Crippen LogP contribution is -2.31. The molecule has 0 unspecified atom stereocenters. The molecule has 0 spiro atoms. The number of aromatic nitrogens is 1. The molecule has 0 amide bonds. The molecule has 1 aromatic rings. The predicted molar refractivity (Wildman–Crippen MR) is 61.3 cm³/mol. The van der Waals surface area contributed by atoms with Crippen molar-refractivity contribution in [3.05, 3.63) is 23.9 Å². The number of carboxylic acids is 1. The molecule has 0 bridgehead atoms. The topological polar surface area (TPSA) is 87.6 Å². The zero-order valence-corrected chi connectivity index (χ0v) is 10.4. The first-order valence-corrected chi connectivity index (χ1v) is 6.57. The Morgan fingerprint density at radius 1 is 1.35 bits per heavy atom. The summed E-state index contributed by atoms with van der Waals surface area (Å²) in [6.45, 7) is 4.15. The highest BCUT2D eigenvalue weighted by Crippen LogP contribution is 2.13. The highest BCUT2D eigenvalue weighted by atomic mass is 32.2. The van der Waals surface area contributed by atoms with Crippen molar-refractivity contribution in [3.63, 3.8) is 0 Å². The largest absolute Gasteiger partial charge is 0.478 e. The van der Waals surface area contributed by atoms with Crippen molar-refractivity contribution in [1.82, 2.24) is 9.29 Å². The number of hydrogen-bond acceptors (Lipinski definition) is 4. The lowest BCUT2D eigenvalue weighted by Gasteiger charge is -2.17. The van der Waals surface area contributed by atoms with Gasteiger partial charge in [0.05, 0.1) is 5.56 Å². The van der Waals surface area contributed by atoms with Crippen molar-refractivity contribution < 1.29 is 18.3 Å². The van der Waals surface area contributed by atoms with Gasteiger partial charge in [0.2, 0.25) is 0 Å². The predicted octanol–water partition coefficient (Wildman–Crippen LogP) is 0.810. The molecule has 0 aliphatic heterocycles. The van der Waals surface area contributed by atoms with E-state index < -0.39 is 16.0 Å². The van der Waals surface area contributed by atoms with E-state index in [1.807, 2.05) is 0 Å². The van der Waals surface area contributed by atoms with Gasteiger partial charge in [0.15, 0.2) is 5.03 Å². The summed E-state index contributed by atoms with van der Waals surface area (Å²) in [5.41, 5.74) is -0.0384. The van der Waals surface area contributed by atoms with Crippen LogP contribution in [0.15, 0.2) is 23.4 Å². The van der Waals surface area contributed by atoms with E-state index in [-0.39, 0.29) is 10.6 Å². The molecule has 0 atom stereocenters. The minimum Gasteiger partial charge on any atom is -0.478 e. The third-order valence-electron chi connectivity index (χ3n) is 2.29. The number of carbonyl (C=O) groups is 1. The molecule has 0 radical (unpaired) electrons. The molecule has 0 aliphatic carbocycles. The van der Waals surface area contributed by atoms with E-state index >= 15 is 0 Å². The zero-order valence-electron chi connectivity index (χ0n) is 9.62. The monoisotopic (exact) mass is 258 g/mol. The van der Waals surface area contributed by atoms with Crippen LogP contribution in [0, 0.1) is 0 Å². The van der Waals surface area contributed by atoms with Gasteiger partial charge in [-0.05, 0) is 12.1 Å². The van der Waals surface area contributed by atoms with Gasteiger partial charge in [0.1, 0.15) is 0 Å². The molecule has 0 saturated heterocycles. The standard InChI is InChI=1S/C10H14N2O4S/c1-3-12(4-2)17(15,16)9-6-5-8(7-11-9)10(13)14/h5-7H,3-4H2,1-2H3,(H,13,14). The molecular formula is C10H14N2O4S. The van der Waals surface area contributed by atoms with Crippen LogP contribution in [0.4, 0.5) is 0 Å². The van der Waals surface area contributed by atoms with Crippen LogP contribution in [0.2, 0.25) is 0 Å². The van der Waals surface area contributed by atoms with Gasteiger partial charge in [-0.2, -0.15) is 4.31 Å². The molecule has 17 heavy (non-hydrogen) atoms. The SMILES string of the molecule is CCN(CC)S(=O)(=O)c1ccc(C(=O)O)cn1. The summed E-state index contributed by atoms with van der Waals surface area (Å²) in [4.78, 5) is 14.3. The number of sulfonamides is 1. The van der Waals surface area contributed by atoms with Gasteiger partial charge in [0.25, 0.3) is 10.0 Å². The molecule has 1 heterocycles. The molecule has 0 aliphatic rings. The fourth-order valence-corrected chi connectivity index (χ4v) is 2.73. The maximum Gasteiger partial charge on any atom is 0.337 e. The number of aromatic carboxylic acids is 1. The summed E-state index contributed by atoms with van der Waals surface area (Å²) in [5, 5.41) is 8.55. The summed E-state index contributed by atoms with van der Waals surface area (Å²) < 4.78 is 25.2. The number of rotatable bonds is 5. The van der Waals surface area contributed by atoms with Gasteiger partial charge in [-0.25, -0.2) is 18.2 Å². The van der Waals surface area contributed by atoms with Crippen LogP contribution in [-0.4, -0.2) is 41.9 Å². The molecule has 0 saturated carbocycles. The van der Waals surface area contributed by atoms with E-state index in [9.17, 15) is 13.2 Å². The Morgan fingerprint density at radius 2 is 1.94 bits per heavy atom. The van der Waals surface area contributed by atoms with Crippen molar-refractivity contribution in [2.24, 2.45) is 0 Å². The second-order valence-electron chi connectivity index (χ2n) is 3.28. The number of pyridine rings is 1. The van der Waals surface area contributed by atoms with Gasteiger partial charge in [-0.15, -0.1) is 0 Å². The molecule has 1 aromatic heterocycles. The van der Waals surface area contributed by atoms with E-state index in [0.29, 0.717) is 13.1 Å². The summed E-state index contributed by atoms with van der Waals surface area (Å²) in [5.74, 6) is -1.13. The summed E-state index contributed by atoms with van der Waals surface area (Å²) in [7, 11) is -3.61. The van der Waals surface area contributed by atoms with Crippen molar-refractivity contribution in [3.8, 4) is 0 Å². The normalized spacial score (nSPS) is 11.7. The van der Waals surface area contributed by atoms with Crippen LogP contribution in [0.25, 0.3) is 0 Å². The Bertz CT molecular complexity index is 492. The number of nitrogens with zero attached hydrogens (tertiary/aromatic N) is 2. The first-order chi connectivity index (χ1) is 7.93. The lowest BCUT2D eigenvalue weighted by atomic mass is 10.3. The Labute approximate surface area is 100.0 Å². The zero-order chi connectivity index (χ0) is 13.1. The Hall–Kier alpha value is -1.47. The molecule has 1 rings (SSSR count). The highest BCUT2D eigenvalue weighted by Gasteiger charge is 2.23. The maximum absolute atomic E-state index is 12.0. The van der Waals surface area contributed by atoms with E-state index in [1.165, 1.54) is 16.4 Å². The second kappa shape index (κ2) is 5.24. The average Bonchev–Trinajstić information content (AvgIpc) is 2.30. The fraction of sp³-hybridized carbons (Fsp3) is 0.400. The smallest absolute Gasteiger partial charge is 0.337 e. The van der Waals surface area contributed by atoms with Gasteiger partial charge in [-0.3, -0.25) is 0 Å². The average molecular weight is 258 g/mol. The molecule has 7 heteroatoms. The van der Waals surface area contributed by atoms with E-state index in [4.69, 9.17) is 5.11 Å². The molecule has 0 fully saturated rings. The fourth-order valence-electron chi connectivity index (χ4n) is 1.36. The van der Waals surface area contributed by atoms with Crippen molar-refractivity contribution in [2.45, 2.75) is 18.9 Å². The van der Waals surface area contributed by atoms with Crippen molar-refractivity contribution in [2.75, 3.05) is 13.1 Å². The maximum atomic E-state index is 12.0. The van der Waals surface area contributed by atoms with Gasteiger partial charge in [-0.1, -0.05) is 13.8 Å². The van der Waals surface area contributed by atoms with E-state index in [1.54, 1.807) is 13.8 Å². The molecular weight excluding hydrogens is 244 g/mol. The van der Waals surface area contributed by atoms with Gasteiger partial charge < -0.3 is 5.11 Å². The third kappa shape index (κ3) is 2.80. The Kier molecular flexibility index (Phi) is 4.19. The van der Waals surface area contributed by atoms with Crippen LogP contribution in [0.3, 0.4) is 0 Å². The first-order valence-electron chi connectivity index (χ1n) is 5.13. The summed E-state index contributed by atoms with van der Waals surface area (Å²) in [6, 6.07) is 2.43. The molecule has 6 nitrogen and oxygen atoms in total. The highest BCUT2D eigenvalue weighted by molar-refractivity contribution is 7.89. The lowest BCUT2D eigenvalue weighted by molar-refractivity contribution is 0.0696. The van der Waals surface area contributed by atoms with Crippen LogP contribution >= 0.6 is 0 Å². The molecule has 1 N–H and O–H groups in total. The second-order valence-corrected chi connectivity index (χ2v) is 5.16. The molecule has 0 aromatic carbocycles. The quantitative estimate of drug-likeness (QED) is 0.844. The minimum atomic E-state index is -3.61. The summed E-state index contributed by atoms with van der Waals surface area (Å²) >= 11 is 0. The van der Waals surface area contributed by atoms with Gasteiger partial charge in [0, 0.05) is 19.3 Å². The van der Waals surface area contributed by atoms with E-state index in [2.05, 4.69) is 4.98 Å². The number of carboxylic acid groups (broad SMARTS) is 1. The third-order valence-corrected chi connectivity index (χ3v) is 4.26.